The van der Waals surface area contributed by atoms with Gasteiger partial charge in [-0.1, -0.05) is 12.1 Å². The van der Waals surface area contributed by atoms with E-state index in [-0.39, 0.29) is 5.82 Å². The molecule has 0 spiro atoms. The van der Waals surface area contributed by atoms with Crippen LogP contribution in [0.15, 0.2) is 12.1 Å². The maximum atomic E-state index is 13.2. The highest BCUT2D eigenvalue weighted by Crippen LogP contribution is 2.14. The number of aryl methyl sites for hydroxylation is 2. The van der Waals surface area contributed by atoms with Crippen LogP contribution < -0.4 is 5.32 Å². The molecule has 74 valence electrons. The molecule has 1 N–H and O–H groups in total. The van der Waals surface area contributed by atoms with E-state index < -0.39 is 0 Å². The largest absolute Gasteiger partial charge is 0.300 e. The molecule has 2 nitrogen and oxygen atoms in total. The number of nitriles is 1. The van der Waals surface area contributed by atoms with Gasteiger partial charge in [0.2, 0.25) is 0 Å². The van der Waals surface area contributed by atoms with E-state index in [1.807, 2.05) is 6.07 Å². The minimum atomic E-state index is -0.144. The van der Waals surface area contributed by atoms with Crippen LogP contribution in [0.5, 0.6) is 0 Å². The molecule has 0 aliphatic heterocycles. The summed E-state index contributed by atoms with van der Waals surface area (Å²) in [6.07, 6.45) is 0. The summed E-state index contributed by atoms with van der Waals surface area (Å²) in [5, 5.41) is 11.3. The Balaban J connectivity index is 2.75. The first-order chi connectivity index (χ1) is 6.65. The van der Waals surface area contributed by atoms with Crippen LogP contribution in [0.4, 0.5) is 4.39 Å². The molecule has 0 aromatic heterocycles. The van der Waals surface area contributed by atoms with Crippen LogP contribution in [0.1, 0.15) is 16.7 Å². The SMILES string of the molecule is Cc1cc(CNCC#N)cc(C)c1F. The minimum absolute atomic E-state index is 0.144. The zero-order valence-electron chi connectivity index (χ0n) is 8.39. The molecule has 0 fully saturated rings. The Labute approximate surface area is 83.4 Å². The third-order valence-corrected chi connectivity index (χ3v) is 2.03. The highest BCUT2D eigenvalue weighted by Gasteiger charge is 2.03. The summed E-state index contributed by atoms with van der Waals surface area (Å²) in [6.45, 7) is 4.41. The van der Waals surface area contributed by atoms with Crippen molar-refractivity contribution in [1.82, 2.24) is 5.32 Å². The molecule has 0 heterocycles. The Hall–Kier alpha value is -1.40. The van der Waals surface area contributed by atoms with Crippen molar-refractivity contribution in [3.63, 3.8) is 0 Å². The van der Waals surface area contributed by atoms with Gasteiger partial charge in [-0.3, -0.25) is 0 Å². The summed E-state index contributed by atoms with van der Waals surface area (Å²) in [5.41, 5.74) is 2.31. The first kappa shape index (κ1) is 10.7. The zero-order chi connectivity index (χ0) is 10.6. The van der Waals surface area contributed by atoms with Gasteiger partial charge >= 0.3 is 0 Å². The lowest BCUT2D eigenvalue weighted by Crippen LogP contribution is -2.13. The molecule has 0 unspecified atom stereocenters. The van der Waals surface area contributed by atoms with Crippen LogP contribution in [0.2, 0.25) is 0 Å². The average molecular weight is 192 g/mol. The van der Waals surface area contributed by atoms with Crippen LogP contribution in [0.3, 0.4) is 0 Å². The zero-order valence-corrected chi connectivity index (χ0v) is 8.39. The normalized spacial score (nSPS) is 9.86. The summed E-state index contributed by atoms with van der Waals surface area (Å²) in [4.78, 5) is 0. The van der Waals surface area contributed by atoms with Crippen LogP contribution in [-0.4, -0.2) is 6.54 Å². The fraction of sp³-hybridized carbons (Fsp3) is 0.364. The lowest BCUT2D eigenvalue weighted by Gasteiger charge is -2.06. The maximum Gasteiger partial charge on any atom is 0.129 e. The van der Waals surface area contributed by atoms with Crippen molar-refractivity contribution in [1.29, 1.82) is 5.26 Å². The summed E-state index contributed by atoms with van der Waals surface area (Å²) in [5.74, 6) is -0.144. The molecular formula is C11H13FN2. The summed E-state index contributed by atoms with van der Waals surface area (Å²) < 4.78 is 13.2. The van der Waals surface area contributed by atoms with Crippen molar-refractivity contribution in [3.05, 3.63) is 34.6 Å². The molecule has 0 amide bonds. The first-order valence-corrected chi connectivity index (χ1v) is 4.48. The Kier molecular flexibility index (Phi) is 3.61. The minimum Gasteiger partial charge on any atom is -0.300 e. The summed E-state index contributed by atoms with van der Waals surface area (Å²) in [7, 11) is 0. The second-order valence-electron chi connectivity index (χ2n) is 3.31. The highest BCUT2D eigenvalue weighted by atomic mass is 19.1. The standard InChI is InChI=1S/C11H13FN2/c1-8-5-10(7-14-4-3-13)6-9(2)11(8)12/h5-6,14H,4,7H2,1-2H3. The molecule has 14 heavy (non-hydrogen) atoms. The van der Waals surface area contributed by atoms with Crippen LogP contribution in [0.25, 0.3) is 0 Å². The number of hydrogen-bond donors (Lipinski definition) is 1. The van der Waals surface area contributed by atoms with Gasteiger partial charge in [-0.25, -0.2) is 4.39 Å². The fourth-order valence-corrected chi connectivity index (χ4v) is 1.40. The van der Waals surface area contributed by atoms with E-state index in [0.717, 1.165) is 5.56 Å². The number of hydrogen-bond acceptors (Lipinski definition) is 2. The monoisotopic (exact) mass is 192 g/mol. The van der Waals surface area contributed by atoms with Crippen molar-refractivity contribution in [2.45, 2.75) is 20.4 Å². The van der Waals surface area contributed by atoms with Crippen molar-refractivity contribution in [2.75, 3.05) is 6.54 Å². The number of nitrogens with zero attached hydrogens (tertiary/aromatic N) is 1. The summed E-state index contributed by atoms with van der Waals surface area (Å²) >= 11 is 0. The number of benzene rings is 1. The smallest absolute Gasteiger partial charge is 0.129 e. The average Bonchev–Trinajstić information content (AvgIpc) is 2.14. The van der Waals surface area contributed by atoms with Gasteiger partial charge in [0.05, 0.1) is 12.6 Å². The fourth-order valence-electron chi connectivity index (χ4n) is 1.40. The molecule has 3 heteroatoms. The van der Waals surface area contributed by atoms with Crippen LogP contribution >= 0.6 is 0 Å². The molecule has 0 aliphatic rings. The van der Waals surface area contributed by atoms with Gasteiger partial charge in [0.1, 0.15) is 5.82 Å². The maximum absolute atomic E-state index is 13.2. The summed E-state index contributed by atoms with van der Waals surface area (Å²) in [6, 6.07) is 5.59. The van der Waals surface area contributed by atoms with Crippen molar-refractivity contribution in [3.8, 4) is 6.07 Å². The number of halogens is 1. The topological polar surface area (TPSA) is 35.8 Å². The Bertz CT molecular complexity index is 343. The predicted octanol–water partition coefficient (Wildman–Crippen LogP) is 2.06. The molecule has 0 bridgehead atoms. The molecule has 1 rings (SSSR count). The lowest BCUT2D eigenvalue weighted by atomic mass is 10.1. The second-order valence-corrected chi connectivity index (χ2v) is 3.31. The van der Waals surface area contributed by atoms with Crippen molar-refractivity contribution >= 4 is 0 Å². The van der Waals surface area contributed by atoms with Gasteiger partial charge in [-0.05, 0) is 30.5 Å². The highest BCUT2D eigenvalue weighted by molar-refractivity contribution is 5.30. The molecule has 0 saturated heterocycles. The van der Waals surface area contributed by atoms with E-state index in [0.29, 0.717) is 24.2 Å². The third-order valence-electron chi connectivity index (χ3n) is 2.03. The third kappa shape index (κ3) is 2.54. The molecule has 1 aromatic carbocycles. The van der Waals surface area contributed by atoms with E-state index in [4.69, 9.17) is 5.26 Å². The van der Waals surface area contributed by atoms with Gasteiger partial charge < -0.3 is 5.32 Å². The van der Waals surface area contributed by atoms with Gasteiger partial charge in [0.25, 0.3) is 0 Å². The van der Waals surface area contributed by atoms with Gasteiger partial charge in [-0.15, -0.1) is 0 Å². The molecule has 0 radical (unpaired) electrons. The molecular weight excluding hydrogens is 179 g/mol. The van der Waals surface area contributed by atoms with E-state index in [9.17, 15) is 4.39 Å². The first-order valence-electron chi connectivity index (χ1n) is 4.48. The lowest BCUT2D eigenvalue weighted by molar-refractivity contribution is 0.607. The molecule has 0 saturated carbocycles. The van der Waals surface area contributed by atoms with E-state index in [1.54, 1.807) is 26.0 Å². The molecule has 0 atom stereocenters. The molecule has 0 aliphatic carbocycles. The van der Waals surface area contributed by atoms with Crippen LogP contribution in [0, 0.1) is 31.0 Å². The van der Waals surface area contributed by atoms with Gasteiger partial charge in [-0.2, -0.15) is 5.26 Å². The van der Waals surface area contributed by atoms with Crippen molar-refractivity contribution in [2.24, 2.45) is 0 Å². The van der Waals surface area contributed by atoms with E-state index >= 15 is 0 Å². The second kappa shape index (κ2) is 4.73. The Morgan fingerprint density at radius 3 is 2.43 bits per heavy atom. The quantitative estimate of drug-likeness (QED) is 0.587. The van der Waals surface area contributed by atoms with Crippen LogP contribution in [-0.2, 0) is 6.54 Å². The van der Waals surface area contributed by atoms with Crippen molar-refractivity contribution < 1.29 is 4.39 Å². The van der Waals surface area contributed by atoms with Gasteiger partial charge in [0, 0.05) is 6.54 Å². The van der Waals surface area contributed by atoms with Gasteiger partial charge in [0.15, 0.2) is 0 Å². The Morgan fingerprint density at radius 1 is 1.36 bits per heavy atom. The van der Waals surface area contributed by atoms with E-state index in [2.05, 4.69) is 5.32 Å². The molecule has 1 aromatic rings. The Morgan fingerprint density at radius 2 is 1.93 bits per heavy atom. The number of rotatable bonds is 3. The van der Waals surface area contributed by atoms with E-state index in [1.165, 1.54) is 0 Å². The predicted molar refractivity (Wildman–Crippen MR) is 53.2 cm³/mol. The number of nitrogens with one attached hydrogen (secondary N) is 1.